The number of methoxy groups -OCH3 is 1. The lowest BCUT2D eigenvalue weighted by Crippen LogP contribution is -2.66. The van der Waals surface area contributed by atoms with E-state index in [1.807, 2.05) is 34.6 Å². The molecule has 0 spiro atoms. The second-order valence-electron chi connectivity index (χ2n) is 7.99. The molecule has 0 heterocycles. The fourth-order valence-electron chi connectivity index (χ4n) is 3.30. The van der Waals surface area contributed by atoms with Gasteiger partial charge in [-0.25, -0.2) is 4.79 Å². The van der Waals surface area contributed by atoms with E-state index in [9.17, 15) is 9.59 Å². The number of esters is 1. The maximum atomic E-state index is 12.4. The van der Waals surface area contributed by atoms with E-state index < -0.39 is 34.7 Å². The number of rotatable bonds is 4. The molecule has 0 aromatic carbocycles. The summed E-state index contributed by atoms with van der Waals surface area (Å²) < 4.78 is 10.2. The SMILES string of the molecule is COC(=O)C(N)C(C)(C)C1(NC(=O)OC(C)(C)C)CCCCC1. The van der Waals surface area contributed by atoms with Gasteiger partial charge in [0.1, 0.15) is 11.6 Å². The topological polar surface area (TPSA) is 90.6 Å². The number of ether oxygens (including phenoxy) is 2. The Morgan fingerprint density at radius 1 is 1.09 bits per heavy atom. The second kappa shape index (κ2) is 7.07. The molecule has 1 saturated carbocycles. The van der Waals surface area contributed by atoms with E-state index in [0.717, 1.165) is 32.1 Å². The summed E-state index contributed by atoms with van der Waals surface area (Å²) >= 11 is 0. The fraction of sp³-hybridized carbons (Fsp3) is 0.882. The highest BCUT2D eigenvalue weighted by Gasteiger charge is 2.52. The van der Waals surface area contributed by atoms with E-state index in [1.165, 1.54) is 7.11 Å². The summed E-state index contributed by atoms with van der Waals surface area (Å²) in [6.45, 7) is 9.30. The van der Waals surface area contributed by atoms with E-state index in [1.54, 1.807) is 0 Å². The number of carbonyl (C=O) groups excluding carboxylic acids is 2. The average Bonchev–Trinajstić information content (AvgIpc) is 2.44. The van der Waals surface area contributed by atoms with Gasteiger partial charge in [0, 0.05) is 5.41 Å². The molecule has 134 valence electrons. The molecule has 3 N–H and O–H groups in total. The molecule has 1 aliphatic rings. The minimum atomic E-state index is -0.819. The van der Waals surface area contributed by atoms with Crippen molar-refractivity contribution in [3.05, 3.63) is 0 Å². The van der Waals surface area contributed by atoms with Crippen LogP contribution in [0.15, 0.2) is 0 Å². The fourth-order valence-corrected chi connectivity index (χ4v) is 3.30. The molecule has 1 amide bonds. The van der Waals surface area contributed by atoms with Crippen LogP contribution in [0.1, 0.15) is 66.7 Å². The first-order valence-electron chi connectivity index (χ1n) is 8.30. The smallest absolute Gasteiger partial charge is 0.408 e. The van der Waals surface area contributed by atoms with Gasteiger partial charge in [0.15, 0.2) is 0 Å². The normalized spacial score (nSPS) is 19.6. The van der Waals surface area contributed by atoms with Crippen LogP contribution in [0.25, 0.3) is 0 Å². The van der Waals surface area contributed by atoms with E-state index in [2.05, 4.69) is 5.32 Å². The molecular formula is C17H32N2O4. The highest BCUT2D eigenvalue weighted by molar-refractivity contribution is 5.77. The van der Waals surface area contributed by atoms with Gasteiger partial charge >= 0.3 is 12.1 Å². The van der Waals surface area contributed by atoms with Crippen LogP contribution >= 0.6 is 0 Å². The highest BCUT2D eigenvalue weighted by atomic mass is 16.6. The van der Waals surface area contributed by atoms with Gasteiger partial charge in [-0.3, -0.25) is 4.79 Å². The third-order valence-corrected chi connectivity index (χ3v) is 4.91. The van der Waals surface area contributed by atoms with Crippen molar-refractivity contribution in [2.45, 2.75) is 83.9 Å². The van der Waals surface area contributed by atoms with Crippen molar-refractivity contribution in [3.8, 4) is 0 Å². The number of amides is 1. The Balaban J connectivity index is 3.06. The Labute approximate surface area is 139 Å². The van der Waals surface area contributed by atoms with Gasteiger partial charge in [-0.2, -0.15) is 0 Å². The molecule has 0 aliphatic heterocycles. The quantitative estimate of drug-likeness (QED) is 0.774. The van der Waals surface area contributed by atoms with E-state index in [4.69, 9.17) is 15.2 Å². The van der Waals surface area contributed by atoms with E-state index in [0.29, 0.717) is 0 Å². The monoisotopic (exact) mass is 328 g/mol. The van der Waals surface area contributed by atoms with Crippen molar-refractivity contribution in [1.29, 1.82) is 0 Å². The predicted molar refractivity (Wildman–Crippen MR) is 89.0 cm³/mol. The van der Waals surface area contributed by atoms with Crippen LogP contribution < -0.4 is 11.1 Å². The van der Waals surface area contributed by atoms with Crippen LogP contribution in [0.5, 0.6) is 0 Å². The zero-order valence-electron chi connectivity index (χ0n) is 15.3. The predicted octanol–water partition coefficient (Wildman–Crippen LogP) is 2.74. The van der Waals surface area contributed by atoms with Gasteiger partial charge in [0.25, 0.3) is 0 Å². The van der Waals surface area contributed by atoms with Crippen LogP contribution in [-0.2, 0) is 14.3 Å². The Morgan fingerprint density at radius 2 is 1.61 bits per heavy atom. The van der Waals surface area contributed by atoms with Gasteiger partial charge in [-0.15, -0.1) is 0 Å². The molecule has 1 fully saturated rings. The van der Waals surface area contributed by atoms with Crippen molar-refractivity contribution in [3.63, 3.8) is 0 Å². The molecule has 1 unspecified atom stereocenters. The molecule has 23 heavy (non-hydrogen) atoms. The molecule has 0 saturated heterocycles. The summed E-state index contributed by atoms with van der Waals surface area (Å²) in [6, 6.07) is -0.819. The first-order chi connectivity index (χ1) is 10.5. The number of nitrogens with two attached hydrogens (primary N) is 1. The Kier molecular flexibility index (Phi) is 6.07. The van der Waals surface area contributed by atoms with Gasteiger partial charge < -0.3 is 20.5 Å². The van der Waals surface area contributed by atoms with Crippen LogP contribution in [0.4, 0.5) is 4.79 Å². The van der Waals surface area contributed by atoms with Crippen LogP contribution in [0.3, 0.4) is 0 Å². The first kappa shape index (κ1) is 19.7. The number of alkyl carbamates (subject to hydrolysis) is 1. The zero-order valence-corrected chi connectivity index (χ0v) is 15.3. The summed E-state index contributed by atoms with van der Waals surface area (Å²) in [5, 5.41) is 3.04. The van der Waals surface area contributed by atoms with Crippen molar-refractivity contribution < 1.29 is 19.1 Å². The number of hydrogen-bond acceptors (Lipinski definition) is 5. The van der Waals surface area contributed by atoms with Gasteiger partial charge in [0.05, 0.1) is 12.6 Å². The molecular weight excluding hydrogens is 296 g/mol. The maximum absolute atomic E-state index is 12.4. The van der Waals surface area contributed by atoms with Crippen LogP contribution in [0, 0.1) is 5.41 Å². The molecule has 0 bridgehead atoms. The second-order valence-corrected chi connectivity index (χ2v) is 7.99. The maximum Gasteiger partial charge on any atom is 0.408 e. The lowest BCUT2D eigenvalue weighted by Gasteiger charge is -2.51. The summed E-state index contributed by atoms with van der Waals surface area (Å²) in [5.74, 6) is -0.467. The van der Waals surface area contributed by atoms with Crippen LogP contribution in [-0.4, -0.2) is 36.4 Å². The van der Waals surface area contributed by atoms with E-state index in [-0.39, 0.29) is 0 Å². The average molecular weight is 328 g/mol. The summed E-state index contributed by atoms with van der Waals surface area (Å²) in [6.07, 6.45) is 4.14. The van der Waals surface area contributed by atoms with Crippen molar-refractivity contribution >= 4 is 12.1 Å². The van der Waals surface area contributed by atoms with Crippen molar-refractivity contribution in [2.24, 2.45) is 11.1 Å². The Hall–Kier alpha value is -1.30. The lowest BCUT2D eigenvalue weighted by molar-refractivity contribution is -0.147. The standard InChI is InChI=1S/C17H32N2O4/c1-15(2,3)23-14(21)19-17(10-8-7-9-11-17)16(4,5)12(18)13(20)22-6/h12H,7-11,18H2,1-6H3,(H,19,21). The largest absolute Gasteiger partial charge is 0.468 e. The van der Waals surface area contributed by atoms with Gasteiger partial charge in [0.2, 0.25) is 0 Å². The molecule has 0 aromatic rings. The summed E-state index contributed by atoms with van der Waals surface area (Å²) in [4.78, 5) is 24.3. The number of carbonyl (C=O) groups is 2. The molecule has 6 heteroatoms. The molecule has 6 nitrogen and oxygen atoms in total. The van der Waals surface area contributed by atoms with Gasteiger partial charge in [-0.1, -0.05) is 33.1 Å². The van der Waals surface area contributed by atoms with Crippen molar-refractivity contribution in [2.75, 3.05) is 7.11 Å². The third-order valence-electron chi connectivity index (χ3n) is 4.91. The van der Waals surface area contributed by atoms with Crippen molar-refractivity contribution in [1.82, 2.24) is 5.32 Å². The number of nitrogens with one attached hydrogen (secondary N) is 1. The minimum Gasteiger partial charge on any atom is -0.468 e. The first-order valence-corrected chi connectivity index (χ1v) is 8.30. The Bertz CT molecular complexity index is 434. The molecule has 1 rings (SSSR count). The van der Waals surface area contributed by atoms with Gasteiger partial charge in [-0.05, 0) is 33.6 Å². The minimum absolute atomic E-state index is 0.467. The Morgan fingerprint density at radius 3 is 2.04 bits per heavy atom. The third kappa shape index (κ3) is 4.59. The highest BCUT2D eigenvalue weighted by Crippen LogP contribution is 2.44. The summed E-state index contributed by atoms with van der Waals surface area (Å²) in [5.41, 5.74) is 4.35. The molecule has 0 aromatic heterocycles. The molecule has 1 atom stereocenters. The number of hydrogen-bond donors (Lipinski definition) is 2. The van der Waals surface area contributed by atoms with Crippen LogP contribution in [0.2, 0.25) is 0 Å². The zero-order chi connectivity index (χ0) is 17.9. The molecule has 0 radical (unpaired) electrons. The van der Waals surface area contributed by atoms with E-state index >= 15 is 0 Å². The summed E-state index contributed by atoms with van der Waals surface area (Å²) in [7, 11) is 1.33. The lowest BCUT2D eigenvalue weighted by atomic mass is 9.61. The molecule has 1 aliphatic carbocycles.